The number of aliphatic hydroxyl groups is 7. The Morgan fingerprint density at radius 2 is 1.06 bits per heavy atom. The molecule has 0 bridgehead atoms. The Bertz CT molecular complexity index is 1370. The van der Waals surface area contributed by atoms with E-state index in [0.717, 1.165) is 57.8 Å². The number of hydrogen-bond acceptors (Lipinski definition) is 14. The maximum atomic E-state index is 12.8. The van der Waals surface area contributed by atoms with Gasteiger partial charge < -0.3 is 50.1 Å². The number of ether oxygens (including phenoxy) is 2. The SMILES string of the molecule is CC/C=C\C/C=C\C/C=C\C/C=C\C[C@H](O)[C@@H](O)CCCC(=O)OC[C@H](COP(=O)(O)OC1[C@H](O)[C@H](O)C(O)[C@H](O)[C@H]1O)OC(=O)CCCCCCC/C=C\CCCCCCCC. The van der Waals surface area contributed by atoms with Gasteiger partial charge in [0.15, 0.2) is 6.10 Å². The van der Waals surface area contributed by atoms with Gasteiger partial charge in [0.1, 0.15) is 43.2 Å². The van der Waals surface area contributed by atoms with Crippen LogP contribution in [0.5, 0.6) is 0 Å². The summed E-state index contributed by atoms with van der Waals surface area (Å²) in [4.78, 5) is 35.8. The third-order valence-corrected chi connectivity index (χ3v) is 11.5. The second kappa shape index (κ2) is 36.7. The van der Waals surface area contributed by atoms with Crippen molar-refractivity contribution in [3.8, 4) is 0 Å². The van der Waals surface area contributed by atoms with E-state index in [1.165, 1.54) is 38.5 Å². The molecule has 1 aliphatic rings. The van der Waals surface area contributed by atoms with Crippen LogP contribution in [-0.4, -0.2) is 121 Å². The lowest BCUT2D eigenvalue weighted by Gasteiger charge is -2.41. The van der Waals surface area contributed by atoms with Crippen molar-refractivity contribution >= 4 is 19.8 Å². The number of unbranched alkanes of at least 4 members (excludes halogenated alkanes) is 11. The lowest BCUT2D eigenvalue weighted by molar-refractivity contribution is -0.220. The van der Waals surface area contributed by atoms with Crippen LogP contribution in [0, 0.1) is 0 Å². The van der Waals surface area contributed by atoms with Gasteiger partial charge in [0.25, 0.3) is 0 Å². The van der Waals surface area contributed by atoms with Crippen LogP contribution in [0.4, 0.5) is 0 Å². The third kappa shape index (κ3) is 28.9. The fourth-order valence-corrected chi connectivity index (χ4v) is 7.64. The van der Waals surface area contributed by atoms with Crippen molar-refractivity contribution in [3.05, 3.63) is 60.8 Å². The number of rotatable bonds is 37. The number of esters is 2. The summed E-state index contributed by atoms with van der Waals surface area (Å²) in [7, 11) is -5.19. The first-order valence-electron chi connectivity index (χ1n) is 23.3. The molecule has 0 aromatic heterocycles. The number of aliphatic hydroxyl groups excluding tert-OH is 7. The molecule has 10 atom stereocenters. The fourth-order valence-electron chi connectivity index (χ4n) is 6.66. The summed E-state index contributed by atoms with van der Waals surface area (Å²) in [6.07, 6.45) is 22.9. The number of hydrogen-bond donors (Lipinski definition) is 8. The van der Waals surface area contributed by atoms with Crippen LogP contribution >= 0.6 is 7.82 Å². The Labute approximate surface area is 376 Å². The largest absolute Gasteiger partial charge is 0.472 e. The maximum absolute atomic E-state index is 12.8. The topological polar surface area (TPSA) is 250 Å². The molecule has 1 saturated carbocycles. The summed E-state index contributed by atoms with van der Waals surface area (Å²) in [6.45, 7) is 2.91. The first kappa shape index (κ1) is 58.5. The molecule has 1 fully saturated rings. The van der Waals surface area contributed by atoms with Gasteiger partial charge in [-0.05, 0) is 77.0 Å². The summed E-state index contributed by atoms with van der Waals surface area (Å²) in [6, 6.07) is 0. The standard InChI is InChI=1S/C47H81O15P/c1-3-5-7-9-11-13-15-17-18-19-21-23-25-27-29-33-41(51)61-37(36-60-63(57,58)62-47-45(55)43(53)42(52)44(54)46(47)56)35-59-40(50)34-30-32-39(49)38(48)31-28-26-24-22-20-16-14-12-10-8-6-4-2/h6,8,12,14,17-18,20,22,26,28,37-39,42-49,52-56H,3-5,7,9-11,13,15-16,19,21,23-25,27,29-36H2,1-2H3,(H,57,58)/b8-6-,14-12-,18-17-,22-20-,28-26-/t37-,38+,39+,42?,43-,44+,45-,46-,47?/m1/s1. The van der Waals surface area contributed by atoms with Crippen molar-refractivity contribution in [2.75, 3.05) is 13.2 Å². The number of phosphoric ester groups is 1. The van der Waals surface area contributed by atoms with Crippen LogP contribution in [-0.2, 0) is 32.7 Å². The maximum Gasteiger partial charge on any atom is 0.472 e. The summed E-state index contributed by atoms with van der Waals surface area (Å²) in [5.74, 6) is -1.40. The minimum atomic E-state index is -5.19. The average molecular weight is 917 g/mol. The van der Waals surface area contributed by atoms with Crippen LogP contribution in [0.3, 0.4) is 0 Å². The van der Waals surface area contributed by atoms with E-state index >= 15 is 0 Å². The van der Waals surface area contributed by atoms with E-state index in [4.69, 9.17) is 18.5 Å². The molecule has 1 aliphatic carbocycles. The zero-order valence-electron chi connectivity index (χ0n) is 37.8. The smallest absolute Gasteiger partial charge is 0.462 e. The second-order valence-electron chi connectivity index (χ2n) is 16.2. The molecule has 0 aromatic carbocycles. The molecule has 364 valence electrons. The van der Waals surface area contributed by atoms with Gasteiger partial charge in [-0.3, -0.25) is 18.6 Å². The minimum absolute atomic E-state index is 0.0234. The van der Waals surface area contributed by atoms with Crippen LogP contribution in [0.2, 0.25) is 0 Å². The summed E-state index contributed by atoms with van der Waals surface area (Å²) in [5, 5.41) is 70.9. The predicted octanol–water partition coefficient (Wildman–Crippen LogP) is 6.89. The Kier molecular flexibility index (Phi) is 34.0. The predicted molar refractivity (Wildman–Crippen MR) is 242 cm³/mol. The molecule has 3 unspecified atom stereocenters. The van der Waals surface area contributed by atoms with Gasteiger partial charge in [-0.1, -0.05) is 126 Å². The van der Waals surface area contributed by atoms with E-state index < -0.39 is 87.9 Å². The zero-order chi connectivity index (χ0) is 46.7. The average Bonchev–Trinajstić information content (AvgIpc) is 3.26. The van der Waals surface area contributed by atoms with Gasteiger partial charge in [0.2, 0.25) is 0 Å². The number of allylic oxidation sites excluding steroid dienone is 9. The van der Waals surface area contributed by atoms with E-state index in [1.807, 2.05) is 12.2 Å². The van der Waals surface area contributed by atoms with Gasteiger partial charge in [-0.25, -0.2) is 4.57 Å². The number of carbonyl (C=O) groups excluding carboxylic acids is 2. The van der Waals surface area contributed by atoms with Crippen molar-refractivity contribution in [1.82, 2.24) is 0 Å². The van der Waals surface area contributed by atoms with E-state index in [9.17, 15) is 54.8 Å². The van der Waals surface area contributed by atoms with Gasteiger partial charge >= 0.3 is 19.8 Å². The second-order valence-corrected chi connectivity index (χ2v) is 17.6. The number of phosphoric acid groups is 1. The molecular formula is C47H81O15P. The minimum Gasteiger partial charge on any atom is -0.462 e. The van der Waals surface area contributed by atoms with Crippen molar-refractivity contribution in [2.45, 2.75) is 210 Å². The molecule has 0 saturated heterocycles. The van der Waals surface area contributed by atoms with Gasteiger partial charge in [0.05, 0.1) is 18.8 Å². The molecule has 16 heteroatoms. The molecule has 63 heavy (non-hydrogen) atoms. The van der Waals surface area contributed by atoms with Crippen molar-refractivity contribution in [3.63, 3.8) is 0 Å². The van der Waals surface area contributed by atoms with Gasteiger partial charge in [-0.2, -0.15) is 0 Å². The molecule has 0 aliphatic heterocycles. The van der Waals surface area contributed by atoms with Crippen molar-refractivity contribution in [1.29, 1.82) is 0 Å². The van der Waals surface area contributed by atoms with Crippen LogP contribution < -0.4 is 0 Å². The molecule has 0 heterocycles. The normalized spacial score (nSPS) is 23.3. The Balaban J connectivity index is 2.58. The molecule has 0 spiro atoms. The molecule has 1 rings (SSSR count). The summed E-state index contributed by atoms with van der Waals surface area (Å²) < 4.78 is 33.3. The van der Waals surface area contributed by atoms with Crippen LogP contribution in [0.1, 0.15) is 155 Å². The molecule has 8 N–H and O–H groups in total. The van der Waals surface area contributed by atoms with Crippen LogP contribution in [0.25, 0.3) is 0 Å². The van der Waals surface area contributed by atoms with E-state index in [0.29, 0.717) is 12.8 Å². The zero-order valence-corrected chi connectivity index (χ0v) is 38.7. The van der Waals surface area contributed by atoms with Crippen molar-refractivity contribution < 1.29 is 73.3 Å². The van der Waals surface area contributed by atoms with Gasteiger partial charge in [0, 0.05) is 12.8 Å². The van der Waals surface area contributed by atoms with E-state index in [-0.39, 0.29) is 32.1 Å². The Hall–Kier alpha value is -2.53. The lowest BCUT2D eigenvalue weighted by Crippen LogP contribution is -2.64. The molecule has 0 radical (unpaired) electrons. The Morgan fingerprint density at radius 3 is 1.63 bits per heavy atom. The molecular weight excluding hydrogens is 835 g/mol. The van der Waals surface area contributed by atoms with Crippen molar-refractivity contribution in [2.24, 2.45) is 0 Å². The highest BCUT2D eigenvalue weighted by Crippen LogP contribution is 2.47. The quantitative estimate of drug-likeness (QED) is 0.0137. The highest BCUT2D eigenvalue weighted by atomic mass is 31.2. The van der Waals surface area contributed by atoms with Crippen LogP contribution in [0.15, 0.2) is 60.8 Å². The van der Waals surface area contributed by atoms with E-state index in [2.05, 4.69) is 56.4 Å². The molecule has 15 nitrogen and oxygen atoms in total. The van der Waals surface area contributed by atoms with E-state index in [1.54, 1.807) is 6.08 Å². The summed E-state index contributed by atoms with van der Waals surface area (Å²) >= 11 is 0. The summed E-state index contributed by atoms with van der Waals surface area (Å²) in [5.41, 5.74) is 0. The third-order valence-electron chi connectivity index (χ3n) is 10.5. The Morgan fingerprint density at radius 1 is 0.571 bits per heavy atom. The highest BCUT2D eigenvalue weighted by molar-refractivity contribution is 7.47. The molecule has 0 amide bonds. The fraction of sp³-hybridized carbons (Fsp3) is 0.745. The van der Waals surface area contributed by atoms with Gasteiger partial charge in [-0.15, -0.1) is 0 Å². The monoisotopic (exact) mass is 917 g/mol. The first-order valence-corrected chi connectivity index (χ1v) is 24.8. The first-order chi connectivity index (χ1) is 30.2. The lowest BCUT2D eigenvalue weighted by atomic mass is 9.85. The molecule has 0 aromatic rings. The number of carbonyl (C=O) groups is 2. The highest BCUT2D eigenvalue weighted by Gasteiger charge is 2.51.